The fourth-order valence-corrected chi connectivity index (χ4v) is 1.96. The minimum absolute atomic E-state index is 0.0688. The largest absolute Gasteiger partial charge is 0.344 e. The molecule has 0 bridgehead atoms. The van der Waals surface area contributed by atoms with Crippen molar-refractivity contribution in [1.82, 2.24) is 10.2 Å². The van der Waals surface area contributed by atoms with E-state index in [1.807, 2.05) is 20.8 Å². The summed E-state index contributed by atoms with van der Waals surface area (Å²) in [7, 11) is 0. The number of hydrogen-bond donors (Lipinski definition) is 1. The lowest BCUT2D eigenvalue weighted by Crippen LogP contribution is -2.52. The zero-order valence-corrected chi connectivity index (χ0v) is 10.7. The van der Waals surface area contributed by atoms with E-state index in [2.05, 4.69) is 11.2 Å². The van der Waals surface area contributed by atoms with Crippen molar-refractivity contribution < 1.29 is 9.59 Å². The SMILES string of the molecule is C#CC(C)(C)N1CCC(=O)NC(CCC)C1=O. The molecule has 94 valence electrons. The molecular formula is C13H20N2O2. The molecule has 0 saturated carbocycles. The van der Waals surface area contributed by atoms with E-state index in [-0.39, 0.29) is 11.8 Å². The van der Waals surface area contributed by atoms with Gasteiger partial charge in [-0.3, -0.25) is 9.59 Å². The van der Waals surface area contributed by atoms with Gasteiger partial charge in [-0.1, -0.05) is 19.3 Å². The average molecular weight is 236 g/mol. The Morgan fingerprint density at radius 3 is 2.71 bits per heavy atom. The molecule has 1 heterocycles. The van der Waals surface area contributed by atoms with E-state index in [1.54, 1.807) is 4.90 Å². The van der Waals surface area contributed by atoms with E-state index in [0.29, 0.717) is 19.4 Å². The number of hydrogen-bond acceptors (Lipinski definition) is 2. The first-order valence-electron chi connectivity index (χ1n) is 6.01. The topological polar surface area (TPSA) is 49.4 Å². The lowest BCUT2D eigenvalue weighted by atomic mass is 10.0. The standard InChI is InChI=1S/C13H20N2O2/c1-5-7-10-12(17)15(13(3,4)6-2)9-8-11(16)14-10/h2,10H,5,7-9H2,1,3-4H3,(H,14,16). The highest BCUT2D eigenvalue weighted by molar-refractivity contribution is 5.90. The molecule has 2 amide bonds. The van der Waals surface area contributed by atoms with Gasteiger partial charge in [0.2, 0.25) is 11.8 Å². The molecule has 1 aliphatic heterocycles. The van der Waals surface area contributed by atoms with Crippen LogP contribution in [0.25, 0.3) is 0 Å². The summed E-state index contributed by atoms with van der Waals surface area (Å²) in [4.78, 5) is 25.5. The molecule has 1 N–H and O–H groups in total. The zero-order valence-electron chi connectivity index (χ0n) is 10.7. The molecule has 1 fully saturated rings. The van der Waals surface area contributed by atoms with E-state index in [9.17, 15) is 9.59 Å². The third-order valence-corrected chi connectivity index (χ3v) is 3.07. The number of terminal acetylenes is 1. The molecule has 0 radical (unpaired) electrons. The van der Waals surface area contributed by atoms with Gasteiger partial charge in [0.15, 0.2) is 0 Å². The monoisotopic (exact) mass is 236 g/mol. The maximum Gasteiger partial charge on any atom is 0.246 e. The van der Waals surface area contributed by atoms with Gasteiger partial charge in [-0.05, 0) is 20.3 Å². The molecular weight excluding hydrogens is 216 g/mol. The average Bonchev–Trinajstić information content (AvgIpc) is 2.40. The third-order valence-electron chi connectivity index (χ3n) is 3.07. The molecule has 4 heteroatoms. The van der Waals surface area contributed by atoms with Crippen molar-refractivity contribution in [3.8, 4) is 12.3 Å². The van der Waals surface area contributed by atoms with Crippen molar-refractivity contribution in [3.63, 3.8) is 0 Å². The summed E-state index contributed by atoms with van der Waals surface area (Å²) >= 11 is 0. The molecule has 17 heavy (non-hydrogen) atoms. The van der Waals surface area contributed by atoms with Gasteiger partial charge in [-0.2, -0.15) is 0 Å². The van der Waals surface area contributed by atoms with E-state index in [0.717, 1.165) is 6.42 Å². The molecule has 0 aromatic heterocycles. The zero-order chi connectivity index (χ0) is 13.1. The smallest absolute Gasteiger partial charge is 0.246 e. The van der Waals surface area contributed by atoms with Crippen LogP contribution in [0.15, 0.2) is 0 Å². The summed E-state index contributed by atoms with van der Waals surface area (Å²) in [5, 5.41) is 2.76. The van der Waals surface area contributed by atoms with Crippen LogP contribution in [0.4, 0.5) is 0 Å². The minimum Gasteiger partial charge on any atom is -0.344 e. The third kappa shape index (κ3) is 3.00. The Balaban J connectivity index is 2.95. The molecule has 1 aliphatic rings. The van der Waals surface area contributed by atoms with Gasteiger partial charge in [0.1, 0.15) is 6.04 Å². The number of amides is 2. The lowest BCUT2D eigenvalue weighted by molar-refractivity contribution is -0.136. The lowest BCUT2D eigenvalue weighted by Gasteiger charge is -2.35. The molecule has 1 unspecified atom stereocenters. The second-order valence-electron chi connectivity index (χ2n) is 4.85. The van der Waals surface area contributed by atoms with Crippen LogP contribution in [0.5, 0.6) is 0 Å². The van der Waals surface area contributed by atoms with Crippen molar-refractivity contribution in [2.75, 3.05) is 6.54 Å². The van der Waals surface area contributed by atoms with Crippen molar-refractivity contribution in [2.24, 2.45) is 0 Å². The van der Waals surface area contributed by atoms with Crippen LogP contribution in [0.3, 0.4) is 0 Å². The van der Waals surface area contributed by atoms with E-state index in [1.165, 1.54) is 0 Å². The Kier molecular flexibility index (Phi) is 4.17. The maximum absolute atomic E-state index is 12.3. The Hall–Kier alpha value is -1.50. The summed E-state index contributed by atoms with van der Waals surface area (Å²) in [6.45, 7) is 6.02. The molecule has 1 rings (SSSR count). The highest BCUT2D eigenvalue weighted by atomic mass is 16.2. The molecule has 4 nitrogen and oxygen atoms in total. The maximum atomic E-state index is 12.3. The Labute approximate surface area is 103 Å². The summed E-state index contributed by atoms with van der Waals surface area (Å²) < 4.78 is 0. The van der Waals surface area contributed by atoms with Crippen LogP contribution < -0.4 is 5.32 Å². The van der Waals surface area contributed by atoms with E-state index >= 15 is 0 Å². The highest BCUT2D eigenvalue weighted by Crippen LogP contribution is 2.18. The van der Waals surface area contributed by atoms with Gasteiger partial charge in [-0.25, -0.2) is 0 Å². The van der Waals surface area contributed by atoms with Crippen LogP contribution >= 0.6 is 0 Å². The quantitative estimate of drug-likeness (QED) is 0.741. The van der Waals surface area contributed by atoms with Crippen LogP contribution in [0, 0.1) is 12.3 Å². The van der Waals surface area contributed by atoms with Gasteiger partial charge in [0.25, 0.3) is 0 Å². The fourth-order valence-electron chi connectivity index (χ4n) is 1.96. The van der Waals surface area contributed by atoms with E-state index < -0.39 is 11.6 Å². The van der Waals surface area contributed by atoms with Gasteiger partial charge in [-0.15, -0.1) is 6.42 Å². The number of nitrogens with zero attached hydrogens (tertiary/aromatic N) is 1. The summed E-state index contributed by atoms with van der Waals surface area (Å²) in [6, 6.07) is -0.428. The first kappa shape index (κ1) is 13.6. The van der Waals surface area contributed by atoms with Gasteiger partial charge in [0, 0.05) is 13.0 Å². The predicted molar refractivity (Wildman–Crippen MR) is 66.1 cm³/mol. The molecule has 0 aromatic carbocycles. The van der Waals surface area contributed by atoms with Gasteiger partial charge < -0.3 is 10.2 Å². The Morgan fingerprint density at radius 1 is 1.53 bits per heavy atom. The minimum atomic E-state index is -0.643. The number of rotatable bonds is 3. The summed E-state index contributed by atoms with van der Waals surface area (Å²) in [6.07, 6.45) is 7.27. The molecule has 1 saturated heterocycles. The summed E-state index contributed by atoms with van der Waals surface area (Å²) in [5.41, 5.74) is -0.643. The molecule has 0 aliphatic carbocycles. The van der Waals surface area contributed by atoms with Crippen LogP contribution in [-0.2, 0) is 9.59 Å². The second-order valence-corrected chi connectivity index (χ2v) is 4.85. The Bertz CT molecular complexity index is 355. The highest BCUT2D eigenvalue weighted by Gasteiger charge is 2.36. The normalized spacial score (nSPS) is 21.8. The second kappa shape index (κ2) is 5.22. The van der Waals surface area contributed by atoms with Crippen molar-refractivity contribution >= 4 is 11.8 Å². The van der Waals surface area contributed by atoms with E-state index in [4.69, 9.17) is 6.42 Å². The van der Waals surface area contributed by atoms with Gasteiger partial charge >= 0.3 is 0 Å². The van der Waals surface area contributed by atoms with Crippen LogP contribution in [0.1, 0.15) is 40.0 Å². The first-order valence-corrected chi connectivity index (χ1v) is 6.01. The van der Waals surface area contributed by atoms with Crippen molar-refractivity contribution in [3.05, 3.63) is 0 Å². The number of carbonyl (C=O) groups excluding carboxylic acids is 2. The van der Waals surface area contributed by atoms with Crippen molar-refractivity contribution in [2.45, 2.75) is 51.6 Å². The Morgan fingerprint density at radius 2 is 2.18 bits per heavy atom. The molecule has 0 aromatic rings. The van der Waals surface area contributed by atoms with Crippen molar-refractivity contribution in [1.29, 1.82) is 0 Å². The predicted octanol–water partition coefficient (Wildman–Crippen LogP) is 0.915. The number of carbonyl (C=O) groups is 2. The molecule has 1 atom stereocenters. The van der Waals surface area contributed by atoms with Crippen LogP contribution in [0.2, 0.25) is 0 Å². The first-order chi connectivity index (χ1) is 7.92. The summed E-state index contributed by atoms with van der Waals surface area (Å²) in [5.74, 6) is 2.47. The number of nitrogens with one attached hydrogen (secondary N) is 1. The van der Waals surface area contributed by atoms with Gasteiger partial charge in [0.05, 0.1) is 5.54 Å². The van der Waals surface area contributed by atoms with Crippen LogP contribution in [-0.4, -0.2) is 34.8 Å². The molecule has 0 spiro atoms. The fraction of sp³-hybridized carbons (Fsp3) is 0.692.